The monoisotopic (exact) mass is 257 g/mol. The van der Waals surface area contributed by atoms with Gasteiger partial charge in [-0.2, -0.15) is 0 Å². The molecule has 1 aliphatic rings. The first-order valence-corrected chi connectivity index (χ1v) is 6.64. The van der Waals surface area contributed by atoms with Crippen LogP contribution in [0.2, 0.25) is 0 Å². The van der Waals surface area contributed by atoms with Crippen molar-refractivity contribution in [2.24, 2.45) is 5.41 Å². The normalized spacial score (nSPS) is 18.7. The van der Waals surface area contributed by atoms with Crippen LogP contribution in [-0.2, 0) is 14.3 Å². The van der Waals surface area contributed by atoms with Crippen molar-refractivity contribution in [3.8, 4) is 0 Å². The number of aliphatic hydroxyl groups is 1. The van der Waals surface area contributed by atoms with Gasteiger partial charge in [0.05, 0.1) is 18.6 Å². The first-order valence-electron chi connectivity index (χ1n) is 6.64. The second-order valence-electron chi connectivity index (χ2n) is 4.70. The largest absolute Gasteiger partial charge is 0.394 e. The van der Waals surface area contributed by atoms with Gasteiger partial charge in [0.2, 0.25) is 11.8 Å². The Kier molecular flexibility index (Phi) is 5.75. The Labute approximate surface area is 108 Å². The molecule has 0 saturated carbocycles. The third kappa shape index (κ3) is 3.09. The number of nitrogens with zero attached hydrogens (tertiary/aromatic N) is 1. The minimum atomic E-state index is -0.469. The molecular formula is C13H23NO4. The van der Waals surface area contributed by atoms with Gasteiger partial charge < -0.3 is 9.84 Å². The molecule has 1 saturated heterocycles. The Morgan fingerprint density at radius 3 is 2.44 bits per heavy atom. The summed E-state index contributed by atoms with van der Waals surface area (Å²) in [5.41, 5.74) is -0.469. The van der Waals surface area contributed by atoms with E-state index in [0.29, 0.717) is 45.4 Å². The van der Waals surface area contributed by atoms with Crippen molar-refractivity contribution >= 4 is 11.8 Å². The van der Waals surface area contributed by atoms with Crippen LogP contribution in [0.3, 0.4) is 0 Å². The standard InChI is InChI=1S/C13H23NO4/c1-3-13(4-2)10-11(16)14(12(13)17)6-5-8-18-9-7-15/h15H,3-10H2,1-2H3. The summed E-state index contributed by atoms with van der Waals surface area (Å²) in [5, 5.41) is 8.55. The van der Waals surface area contributed by atoms with Gasteiger partial charge in [-0.1, -0.05) is 13.8 Å². The molecule has 1 N–H and O–H groups in total. The van der Waals surface area contributed by atoms with Crippen LogP contribution in [0.5, 0.6) is 0 Å². The summed E-state index contributed by atoms with van der Waals surface area (Å²) in [6, 6.07) is 0. The molecule has 104 valence electrons. The highest BCUT2D eigenvalue weighted by atomic mass is 16.5. The molecule has 2 amide bonds. The van der Waals surface area contributed by atoms with E-state index in [0.717, 1.165) is 0 Å². The number of likely N-dealkylation sites (tertiary alicyclic amines) is 1. The topological polar surface area (TPSA) is 66.8 Å². The van der Waals surface area contributed by atoms with E-state index < -0.39 is 5.41 Å². The highest BCUT2D eigenvalue weighted by molar-refractivity contribution is 6.05. The van der Waals surface area contributed by atoms with Crippen LogP contribution in [0.4, 0.5) is 0 Å². The van der Waals surface area contributed by atoms with Crippen LogP contribution in [-0.4, -0.2) is 48.2 Å². The molecule has 1 heterocycles. The van der Waals surface area contributed by atoms with Gasteiger partial charge in [-0.3, -0.25) is 14.5 Å². The van der Waals surface area contributed by atoms with Crippen molar-refractivity contribution < 1.29 is 19.4 Å². The fraction of sp³-hybridized carbons (Fsp3) is 0.846. The number of hydrogen-bond donors (Lipinski definition) is 1. The predicted molar refractivity (Wildman–Crippen MR) is 66.9 cm³/mol. The average Bonchev–Trinajstić information content (AvgIpc) is 2.62. The number of hydrogen-bond acceptors (Lipinski definition) is 4. The van der Waals surface area contributed by atoms with E-state index in [1.54, 1.807) is 0 Å². The Bertz CT molecular complexity index is 299. The maximum atomic E-state index is 12.2. The molecule has 1 rings (SSSR count). The van der Waals surface area contributed by atoms with Crippen LogP contribution in [0.15, 0.2) is 0 Å². The third-order valence-corrected chi connectivity index (χ3v) is 3.75. The van der Waals surface area contributed by atoms with E-state index in [2.05, 4.69) is 0 Å². The highest BCUT2D eigenvalue weighted by Gasteiger charge is 2.48. The molecular weight excluding hydrogens is 234 g/mol. The lowest BCUT2D eigenvalue weighted by Gasteiger charge is -2.23. The quantitative estimate of drug-likeness (QED) is 0.519. The van der Waals surface area contributed by atoms with Gasteiger partial charge >= 0.3 is 0 Å². The van der Waals surface area contributed by atoms with E-state index >= 15 is 0 Å². The lowest BCUT2D eigenvalue weighted by molar-refractivity contribution is -0.141. The number of imide groups is 1. The summed E-state index contributed by atoms with van der Waals surface area (Å²) in [5.74, 6) is -0.0921. The average molecular weight is 257 g/mol. The van der Waals surface area contributed by atoms with Gasteiger partial charge in [-0.15, -0.1) is 0 Å². The SMILES string of the molecule is CCC1(CC)CC(=O)N(CCCOCCO)C1=O. The number of carbonyl (C=O) groups excluding carboxylic acids is 2. The smallest absolute Gasteiger partial charge is 0.235 e. The predicted octanol–water partition coefficient (Wildman–Crippen LogP) is 0.951. The van der Waals surface area contributed by atoms with Crippen molar-refractivity contribution in [2.75, 3.05) is 26.4 Å². The van der Waals surface area contributed by atoms with Gasteiger partial charge in [0.15, 0.2) is 0 Å². The minimum absolute atomic E-state index is 0.00362. The zero-order chi connectivity index (χ0) is 13.6. The molecule has 18 heavy (non-hydrogen) atoms. The van der Waals surface area contributed by atoms with Crippen molar-refractivity contribution in [2.45, 2.75) is 39.5 Å². The van der Waals surface area contributed by atoms with Crippen LogP contribution < -0.4 is 0 Å². The van der Waals surface area contributed by atoms with E-state index in [1.165, 1.54) is 4.90 Å². The lowest BCUT2D eigenvalue weighted by atomic mass is 9.81. The van der Waals surface area contributed by atoms with E-state index in [9.17, 15) is 9.59 Å². The molecule has 0 atom stereocenters. The van der Waals surface area contributed by atoms with Crippen LogP contribution in [0, 0.1) is 5.41 Å². The maximum Gasteiger partial charge on any atom is 0.235 e. The minimum Gasteiger partial charge on any atom is -0.394 e. The van der Waals surface area contributed by atoms with E-state index in [-0.39, 0.29) is 18.4 Å². The molecule has 5 heteroatoms. The molecule has 0 aromatic carbocycles. The third-order valence-electron chi connectivity index (χ3n) is 3.75. The van der Waals surface area contributed by atoms with Gasteiger partial charge in [0.25, 0.3) is 0 Å². The molecule has 0 aromatic rings. The first-order chi connectivity index (χ1) is 8.61. The summed E-state index contributed by atoms with van der Waals surface area (Å²) in [6.07, 6.45) is 2.40. The van der Waals surface area contributed by atoms with Crippen LogP contribution in [0.25, 0.3) is 0 Å². The number of ether oxygens (including phenoxy) is 1. The van der Waals surface area contributed by atoms with Gasteiger partial charge in [-0.25, -0.2) is 0 Å². The highest BCUT2D eigenvalue weighted by Crippen LogP contribution is 2.39. The van der Waals surface area contributed by atoms with Crippen molar-refractivity contribution in [3.63, 3.8) is 0 Å². The molecule has 5 nitrogen and oxygen atoms in total. The fourth-order valence-electron chi connectivity index (χ4n) is 2.38. The second-order valence-corrected chi connectivity index (χ2v) is 4.70. The van der Waals surface area contributed by atoms with Crippen molar-refractivity contribution in [3.05, 3.63) is 0 Å². The van der Waals surface area contributed by atoms with E-state index in [1.807, 2.05) is 13.8 Å². The molecule has 0 aliphatic carbocycles. The molecule has 0 unspecified atom stereocenters. The van der Waals surface area contributed by atoms with Crippen LogP contribution >= 0.6 is 0 Å². The van der Waals surface area contributed by atoms with Gasteiger partial charge in [0, 0.05) is 19.6 Å². The number of carbonyl (C=O) groups is 2. The summed E-state index contributed by atoms with van der Waals surface area (Å²) in [6.45, 7) is 5.10. The Balaban J connectivity index is 2.47. The molecule has 1 fully saturated rings. The summed E-state index contributed by atoms with van der Waals surface area (Å²) in [7, 11) is 0. The fourth-order valence-corrected chi connectivity index (χ4v) is 2.38. The summed E-state index contributed by atoms with van der Waals surface area (Å²) < 4.78 is 5.12. The van der Waals surface area contributed by atoms with Crippen molar-refractivity contribution in [1.82, 2.24) is 4.90 Å². The van der Waals surface area contributed by atoms with Gasteiger partial charge in [-0.05, 0) is 19.3 Å². The molecule has 0 bridgehead atoms. The Hall–Kier alpha value is -0.940. The molecule has 0 aromatic heterocycles. The van der Waals surface area contributed by atoms with E-state index in [4.69, 9.17) is 9.84 Å². The maximum absolute atomic E-state index is 12.2. The zero-order valence-corrected chi connectivity index (χ0v) is 11.3. The number of rotatable bonds is 8. The number of amides is 2. The molecule has 0 spiro atoms. The summed E-state index contributed by atoms with van der Waals surface area (Å²) in [4.78, 5) is 25.5. The molecule has 0 radical (unpaired) electrons. The Morgan fingerprint density at radius 2 is 1.94 bits per heavy atom. The summed E-state index contributed by atoms with van der Waals surface area (Å²) >= 11 is 0. The molecule has 1 aliphatic heterocycles. The second kappa shape index (κ2) is 6.85. The van der Waals surface area contributed by atoms with Crippen LogP contribution in [0.1, 0.15) is 39.5 Å². The van der Waals surface area contributed by atoms with Crippen molar-refractivity contribution in [1.29, 1.82) is 0 Å². The lowest BCUT2D eigenvalue weighted by Crippen LogP contribution is -2.36. The van der Waals surface area contributed by atoms with Gasteiger partial charge in [0.1, 0.15) is 0 Å². The number of aliphatic hydroxyl groups excluding tert-OH is 1. The zero-order valence-electron chi connectivity index (χ0n) is 11.3. The first kappa shape index (κ1) is 15.1. The Morgan fingerprint density at radius 1 is 1.28 bits per heavy atom.